The summed E-state index contributed by atoms with van der Waals surface area (Å²) in [5.74, 6) is -0.304. The van der Waals surface area contributed by atoms with Crippen LogP contribution in [0.5, 0.6) is 0 Å². The summed E-state index contributed by atoms with van der Waals surface area (Å²) in [7, 11) is -3.09. The molecule has 2 aliphatic rings. The molecule has 3 heterocycles. The van der Waals surface area contributed by atoms with E-state index in [0.29, 0.717) is 29.1 Å². The number of benzene rings is 1. The molecule has 0 bridgehead atoms. The summed E-state index contributed by atoms with van der Waals surface area (Å²) in [6.45, 7) is 0.266. The molecule has 11 heteroatoms. The largest absolute Gasteiger partial charge is 0.368 e. The number of nitrogens with one attached hydrogen (secondary N) is 2. The molecule has 5 rings (SSSR count). The van der Waals surface area contributed by atoms with Crippen LogP contribution in [0, 0.1) is 5.82 Å². The zero-order valence-corrected chi connectivity index (χ0v) is 20.1. The number of carbonyl (C=O) groups excluding carboxylic acids is 1. The molecule has 2 N–H and O–H groups in total. The Kier molecular flexibility index (Phi) is 6.42. The van der Waals surface area contributed by atoms with Crippen LogP contribution in [0.25, 0.3) is 11.3 Å². The van der Waals surface area contributed by atoms with E-state index in [-0.39, 0.29) is 48.5 Å². The van der Waals surface area contributed by atoms with Gasteiger partial charge in [-0.1, -0.05) is 12.1 Å². The summed E-state index contributed by atoms with van der Waals surface area (Å²) in [6.07, 6.45) is 1.28. The number of hydrogen-bond acceptors (Lipinski definition) is 7. The van der Waals surface area contributed by atoms with Crippen LogP contribution in [0.15, 0.2) is 54.7 Å². The maximum atomic E-state index is 14.3. The first kappa shape index (κ1) is 24.2. The van der Waals surface area contributed by atoms with Crippen LogP contribution in [-0.2, 0) is 15.3 Å². The minimum absolute atomic E-state index is 0.0430. The number of alkyl halides is 1. The Bertz CT molecular complexity index is 1380. The fraction of sp³-hybridized carbons (Fsp3) is 0.360. The number of nitrogens with zero attached hydrogens (tertiary/aromatic N) is 3. The minimum atomic E-state index is -3.09. The summed E-state index contributed by atoms with van der Waals surface area (Å²) in [5, 5.41) is 14.3. The van der Waals surface area contributed by atoms with Gasteiger partial charge in [-0.05, 0) is 55.7 Å². The molecule has 8 nitrogen and oxygen atoms in total. The van der Waals surface area contributed by atoms with E-state index in [1.807, 2.05) is 0 Å². The Hall–Kier alpha value is -3.47. The molecule has 0 radical (unpaired) electrons. The van der Waals surface area contributed by atoms with Crippen molar-refractivity contribution in [3.05, 3.63) is 71.8 Å². The van der Waals surface area contributed by atoms with Crippen molar-refractivity contribution in [3.63, 3.8) is 0 Å². The van der Waals surface area contributed by atoms with Crippen molar-refractivity contribution in [3.8, 4) is 11.3 Å². The number of anilines is 1. The van der Waals surface area contributed by atoms with Gasteiger partial charge in [0.15, 0.2) is 9.84 Å². The maximum Gasteiger partial charge on any atom is 0.251 e. The van der Waals surface area contributed by atoms with Crippen LogP contribution in [0.4, 0.5) is 14.6 Å². The molecule has 3 aromatic rings. The monoisotopic (exact) mass is 513 g/mol. The second kappa shape index (κ2) is 9.53. The highest BCUT2D eigenvalue weighted by Gasteiger charge is 2.48. The minimum Gasteiger partial charge on any atom is -0.368 e. The van der Waals surface area contributed by atoms with E-state index < -0.39 is 27.2 Å². The summed E-state index contributed by atoms with van der Waals surface area (Å²) >= 11 is 0. The molecule has 1 aliphatic carbocycles. The molecule has 1 aliphatic heterocycles. The molecule has 1 saturated carbocycles. The van der Waals surface area contributed by atoms with E-state index in [0.717, 1.165) is 0 Å². The van der Waals surface area contributed by atoms with Crippen LogP contribution in [0.2, 0.25) is 0 Å². The molecule has 1 saturated heterocycles. The van der Waals surface area contributed by atoms with Gasteiger partial charge in [-0.25, -0.2) is 17.2 Å². The Morgan fingerprint density at radius 1 is 1.11 bits per heavy atom. The number of rotatable bonds is 7. The van der Waals surface area contributed by atoms with Gasteiger partial charge in [0.05, 0.1) is 22.9 Å². The number of pyridine rings is 1. The first-order chi connectivity index (χ1) is 17.2. The van der Waals surface area contributed by atoms with Gasteiger partial charge in [-0.15, -0.1) is 10.2 Å². The lowest BCUT2D eigenvalue weighted by Crippen LogP contribution is -2.49. The highest BCUT2D eigenvalue weighted by molar-refractivity contribution is 7.91. The molecule has 1 atom stereocenters. The SMILES string of the molecule is O=C(NC1CCS(=O)(=O)C1)c1cccc(-c2ccc(NC[C@]3(c4ncccc4F)C[C@H](F)C3)nn2)c1. The normalized spacial score (nSPS) is 24.6. The lowest BCUT2D eigenvalue weighted by Gasteiger charge is -2.44. The molecule has 1 amide bonds. The molecule has 2 aromatic heterocycles. The summed E-state index contributed by atoms with van der Waals surface area (Å²) in [5.41, 5.74) is 1.11. The van der Waals surface area contributed by atoms with Crippen molar-refractivity contribution in [2.75, 3.05) is 23.4 Å². The molecule has 36 heavy (non-hydrogen) atoms. The zero-order chi connectivity index (χ0) is 25.3. The van der Waals surface area contributed by atoms with Crippen LogP contribution in [-0.4, -0.2) is 59.8 Å². The second-order valence-electron chi connectivity index (χ2n) is 9.43. The number of aromatic nitrogens is 3. The van der Waals surface area contributed by atoms with E-state index in [9.17, 15) is 22.0 Å². The van der Waals surface area contributed by atoms with Crippen molar-refractivity contribution >= 4 is 21.6 Å². The Morgan fingerprint density at radius 2 is 1.94 bits per heavy atom. The van der Waals surface area contributed by atoms with Crippen LogP contribution >= 0.6 is 0 Å². The van der Waals surface area contributed by atoms with E-state index in [4.69, 9.17) is 0 Å². The van der Waals surface area contributed by atoms with Gasteiger partial charge < -0.3 is 10.6 Å². The fourth-order valence-electron chi connectivity index (χ4n) is 4.82. The van der Waals surface area contributed by atoms with Gasteiger partial charge in [-0.3, -0.25) is 9.78 Å². The van der Waals surface area contributed by atoms with Crippen molar-refractivity contribution in [2.24, 2.45) is 0 Å². The predicted octanol–water partition coefficient (Wildman–Crippen LogP) is 3.08. The van der Waals surface area contributed by atoms with Crippen LogP contribution in [0.1, 0.15) is 35.3 Å². The van der Waals surface area contributed by atoms with Crippen LogP contribution < -0.4 is 10.6 Å². The van der Waals surface area contributed by atoms with Crippen molar-refractivity contribution in [2.45, 2.75) is 36.9 Å². The average Bonchev–Trinajstić information content (AvgIpc) is 3.19. The van der Waals surface area contributed by atoms with E-state index >= 15 is 0 Å². The fourth-order valence-corrected chi connectivity index (χ4v) is 6.50. The summed E-state index contributed by atoms with van der Waals surface area (Å²) in [4.78, 5) is 16.8. The smallest absolute Gasteiger partial charge is 0.251 e. The highest BCUT2D eigenvalue weighted by atomic mass is 32.2. The van der Waals surface area contributed by atoms with Gasteiger partial charge in [0, 0.05) is 35.3 Å². The molecule has 2 fully saturated rings. The first-order valence-electron chi connectivity index (χ1n) is 11.7. The number of halogens is 2. The zero-order valence-electron chi connectivity index (χ0n) is 19.3. The first-order valence-corrected chi connectivity index (χ1v) is 13.5. The number of carbonyl (C=O) groups is 1. The highest BCUT2D eigenvalue weighted by Crippen LogP contribution is 2.45. The van der Waals surface area contributed by atoms with Gasteiger partial charge in [0.2, 0.25) is 0 Å². The number of hydrogen-bond donors (Lipinski definition) is 2. The standard InChI is InChI=1S/C25H25F2N5O3S/c26-18-12-25(13-18,23-20(27)5-2-9-28-23)15-29-22-7-6-21(31-32-22)16-3-1-4-17(11-16)24(33)30-19-8-10-36(34,35)14-19/h1-7,9,11,18-19H,8,10,12-15H2,(H,29,32)(H,30,33)/t18-,19?,25-. The Labute approximate surface area is 207 Å². The third-order valence-electron chi connectivity index (χ3n) is 6.75. The van der Waals surface area contributed by atoms with Crippen molar-refractivity contribution in [1.82, 2.24) is 20.5 Å². The summed E-state index contributed by atoms with van der Waals surface area (Å²) in [6, 6.07) is 12.7. The van der Waals surface area contributed by atoms with Crippen molar-refractivity contribution in [1.29, 1.82) is 0 Å². The number of amides is 1. The quantitative estimate of drug-likeness (QED) is 0.499. The van der Waals surface area contributed by atoms with Gasteiger partial charge in [0.25, 0.3) is 5.91 Å². The van der Waals surface area contributed by atoms with Gasteiger partial charge in [0.1, 0.15) is 17.8 Å². The van der Waals surface area contributed by atoms with E-state index in [1.54, 1.807) is 36.4 Å². The van der Waals surface area contributed by atoms with Crippen LogP contribution in [0.3, 0.4) is 0 Å². The molecular formula is C25H25F2N5O3S. The second-order valence-corrected chi connectivity index (χ2v) is 11.7. The number of sulfone groups is 1. The molecule has 188 valence electrons. The predicted molar refractivity (Wildman–Crippen MR) is 130 cm³/mol. The average molecular weight is 514 g/mol. The van der Waals surface area contributed by atoms with Gasteiger partial charge >= 0.3 is 0 Å². The lowest BCUT2D eigenvalue weighted by atomic mass is 9.65. The molecular weight excluding hydrogens is 488 g/mol. The molecule has 0 spiro atoms. The Balaban J connectivity index is 1.25. The summed E-state index contributed by atoms with van der Waals surface area (Å²) < 4.78 is 51.4. The third-order valence-corrected chi connectivity index (χ3v) is 8.51. The van der Waals surface area contributed by atoms with E-state index in [2.05, 4.69) is 25.8 Å². The van der Waals surface area contributed by atoms with E-state index in [1.165, 1.54) is 18.3 Å². The topological polar surface area (TPSA) is 114 Å². The third kappa shape index (κ3) is 5.06. The van der Waals surface area contributed by atoms with Crippen molar-refractivity contribution < 1.29 is 22.0 Å². The Morgan fingerprint density at radius 3 is 2.61 bits per heavy atom. The molecule has 1 unspecified atom stereocenters. The van der Waals surface area contributed by atoms with Gasteiger partial charge in [-0.2, -0.15) is 0 Å². The maximum absolute atomic E-state index is 14.3. The lowest BCUT2D eigenvalue weighted by molar-refractivity contribution is 0.0940. The molecule has 1 aromatic carbocycles.